The monoisotopic (exact) mass is 259 g/mol. The number of Topliss-reactive ketones (excluding diaryl/α,β-unsaturated/α-hetero) is 1. The van der Waals surface area contributed by atoms with Gasteiger partial charge in [0.2, 0.25) is 0 Å². The van der Waals surface area contributed by atoms with Crippen LogP contribution in [0.2, 0.25) is 0 Å². The van der Waals surface area contributed by atoms with E-state index in [1.807, 2.05) is 0 Å². The van der Waals surface area contributed by atoms with Crippen molar-refractivity contribution in [3.05, 3.63) is 29.8 Å². The molecule has 0 aliphatic heterocycles. The molecule has 0 heterocycles. The molecule has 1 aromatic carbocycles. The molecule has 1 atom stereocenters. The maximum atomic E-state index is 12.4. The zero-order chi connectivity index (χ0) is 14.0. The van der Waals surface area contributed by atoms with Gasteiger partial charge in [0.05, 0.1) is 0 Å². The van der Waals surface area contributed by atoms with Gasteiger partial charge in [-0.25, -0.2) is 0 Å². The van der Waals surface area contributed by atoms with E-state index in [1.54, 1.807) is 0 Å². The van der Waals surface area contributed by atoms with Crippen LogP contribution in [0.4, 0.5) is 5.69 Å². The minimum absolute atomic E-state index is 0.114. The predicted molar refractivity (Wildman–Crippen MR) is 80.6 cm³/mol. The highest BCUT2D eigenvalue weighted by atomic mass is 16.1. The highest BCUT2D eigenvalue weighted by molar-refractivity contribution is 5.88. The lowest BCUT2D eigenvalue weighted by Gasteiger charge is -2.27. The van der Waals surface area contributed by atoms with Gasteiger partial charge in [0.1, 0.15) is 5.78 Å². The summed E-state index contributed by atoms with van der Waals surface area (Å²) in [5.41, 5.74) is 2.39. The van der Waals surface area contributed by atoms with Crippen molar-refractivity contribution in [1.29, 1.82) is 0 Å². The van der Waals surface area contributed by atoms with E-state index in [-0.39, 0.29) is 11.3 Å². The number of nitrogens with zero attached hydrogens (tertiary/aromatic N) is 1. The lowest BCUT2D eigenvalue weighted by atomic mass is 9.89. The summed E-state index contributed by atoms with van der Waals surface area (Å²) in [7, 11) is 0. The van der Waals surface area contributed by atoms with E-state index in [1.165, 1.54) is 11.3 Å². The van der Waals surface area contributed by atoms with Crippen LogP contribution in [-0.2, 0) is 4.79 Å². The molecule has 0 bridgehead atoms. The first kappa shape index (κ1) is 14.1. The highest BCUT2D eigenvalue weighted by Gasteiger charge is 2.40. The van der Waals surface area contributed by atoms with Gasteiger partial charge in [-0.3, -0.25) is 4.79 Å². The van der Waals surface area contributed by atoms with Gasteiger partial charge in [-0.05, 0) is 44.4 Å². The van der Waals surface area contributed by atoms with Crippen molar-refractivity contribution < 1.29 is 4.79 Å². The third-order valence-corrected chi connectivity index (χ3v) is 4.34. The summed E-state index contributed by atoms with van der Waals surface area (Å²) in [6.07, 6.45) is 2.07. The molecule has 0 spiro atoms. The van der Waals surface area contributed by atoms with E-state index in [2.05, 4.69) is 56.9 Å². The Labute approximate surface area is 116 Å². The minimum atomic E-state index is -0.114. The van der Waals surface area contributed by atoms with Crippen LogP contribution in [0.25, 0.3) is 0 Å². The van der Waals surface area contributed by atoms with Crippen molar-refractivity contribution in [2.24, 2.45) is 11.3 Å². The summed E-state index contributed by atoms with van der Waals surface area (Å²) >= 11 is 0. The normalized spacial score (nSPS) is 21.7. The molecule has 2 rings (SSSR count). The molecule has 0 saturated heterocycles. The van der Waals surface area contributed by atoms with Gasteiger partial charge in [0, 0.05) is 30.1 Å². The molecule has 0 amide bonds. The third-order valence-electron chi connectivity index (χ3n) is 4.34. The lowest BCUT2D eigenvalue weighted by molar-refractivity contribution is -0.127. The highest BCUT2D eigenvalue weighted by Crippen LogP contribution is 2.38. The second-order valence-corrected chi connectivity index (χ2v) is 6.36. The fourth-order valence-corrected chi connectivity index (χ4v) is 3.02. The Kier molecular flexibility index (Phi) is 3.98. The molecule has 104 valence electrons. The average Bonchev–Trinajstić information content (AvgIpc) is 2.62. The Morgan fingerprint density at radius 2 is 2.11 bits per heavy atom. The number of carbonyl (C=O) groups excluding carboxylic acids is 1. The standard InChI is InChI=1S/C17H25NO/c1-5-18(15-8-6-7-13(2)11-15)12-14-9-10-17(3,4)16(14)19/h6-8,11,14H,5,9-10,12H2,1-4H3. The number of hydrogen-bond donors (Lipinski definition) is 0. The van der Waals surface area contributed by atoms with Gasteiger partial charge < -0.3 is 4.90 Å². The largest absolute Gasteiger partial charge is 0.371 e. The van der Waals surface area contributed by atoms with E-state index in [9.17, 15) is 4.79 Å². The molecule has 1 saturated carbocycles. The number of benzene rings is 1. The summed E-state index contributed by atoms with van der Waals surface area (Å²) in [5, 5.41) is 0. The van der Waals surface area contributed by atoms with E-state index < -0.39 is 0 Å². The second kappa shape index (κ2) is 5.36. The minimum Gasteiger partial charge on any atom is -0.371 e. The molecule has 0 aromatic heterocycles. The van der Waals surface area contributed by atoms with Crippen molar-refractivity contribution in [3.8, 4) is 0 Å². The molecule has 1 aromatic rings. The molecule has 1 unspecified atom stereocenters. The third kappa shape index (κ3) is 2.99. The summed E-state index contributed by atoms with van der Waals surface area (Å²) in [6, 6.07) is 8.55. The molecule has 0 radical (unpaired) electrons. The first-order valence-corrected chi connectivity index (χ1v) is 7.30. The lowest BCUT2D eigenvalue weighted by Crippen LogP contribution is -2.33. The first-order valence-electron chi connectivity index (χ1n) is 7.30. The Morgan fingerprint density at radius 3 is 2.63 bits per heavy atom. The number of rotatable bonds is 4. The zero-order valence-electron chi connectivity index (χ0n) is 12.6. The molecule has 2 heteroatoms. The second-order valence-electron chi connectivity index (χ2n) is 6.36. The zero-order valence-corrected chi connectivity index (χ0v) is 12.6. The van der Waals surface area contributed by atoms with Crippen LogP contribution < -0.4 is 4.90 Å². The van der Waals surface area contributed by atoms with Crippen molar-refractivity contribution in [3.63, 3.8) is 0 Å². The maximum absolute atomic E-state index is 12.4. The van der Waals surface area contributed by atoms with Crippen LogP contribution in [0.5, 0.6) is 0 Å². The first-order chi connectivity index (χ1) is 8.94. The van der Waals surface area contributed by atoms with Crippen molar-refractivity contribution >= 4 is 11.5 Å². The van der Waals surface area contributed by atoms with Crippen LogP contribution in [0.3, 0.4) is 0 Å². The molecular weight excluding hydrogens is 234 g/mol. The summed E-state index contributed by atoms with van der Waals surface area (Å²) < 4.78 is 0. The Morgan fingerprint density at radius 1 is 1.37 bits per heavy atom. The number of hydrogen-bond acceptors (Lipinski definition) is 2. The Hall–Kier alpha value is -1.31. The SMILES string of the molecule is CCN(CC1CCC(C)(C)C1=O)c1cccc(C)c1. The van der Waals surface area contributed by atoms with Crippen molar-refractivity contribution in [1.82, 2.24) is 0 Å². The number of carbonyl (C=O) groups is 1. The van der Waals surface area contributed by atoms with Gasteiger partial charge in [0.15, 0.2) is 0 Å². The Bertz CT molecular complexity index is 464. The number of ketones is 1. The van der Waals surface area contributed by atoms with Crippen LogP contribution in [0, 0.1) is 18.3 Å². The van der Waals surface area contributed by atoms with Gasteiger partial charge >= 0.3 is 0 Å². The molecule has 1 aliphatic rings. The van der Waals surface area contributed by atoms with Crippen LogP contribution >= 0.6 is 0 Å². The van der Waals surface area contributed by atoms with E-state index >= 15 is 0 Å². The maximum Gasteiger partial charge on any atom is 0.143 e. The molecule has 0 N–H and O–H groups in total. The molecule has 1 aliphatic carbocycles. The van der Waals surface area contributed by atoms with Crippen molar-refractivity contribution in [2.75, 3.05) is 18.0 Å². The van der Waals surface area contributed by atoms with E-state index in [0.717, 1.165) is 25.9 Å². The fourth-order valence-electron chi connectivity index (χ4n) is 3.02. The van der Waals surface area contributed by atoms with Crippen molar-refractivity contribution in [2.45, 2.75) is 40.5 Å². The van der Waals surface area contributed by atoms with E-state index in [4.69, 9.17) is 0 Å². The van der Waals surface area contributed by atoms with Gasteiger partial charge in [0.25, 0.3) is 0 Å². The molecule has 2 nitrogen and oxygen atoms in total. The number of aryl methyl sites for hydroxylation is 1. The van der Waals surface area contributed by atoms with Crippen LogP contribution in [0.15, 0.2) is 24.3 Å². The summed E-state index contributed by atoms with van der Waals surface area (Å²) in [5.74, 6) is 0.647. The summed E-state index contributed by atoms with van der Waals surface area (Å²) in [6.45, 7) is 10.3. The van der Waals surface area contributed by atoms with Gasteiger partial charge in [-0.1, -0.05) is 26.0 Å². The Balaban J connectivity index is 2.11. The molecular formula is C17H25NO. The molecule has 1 fully saturated rings. The van der Waals surface area contributed by atoms with Gasteiger partial charge in [-0.2, -0.15) is 0 Å². The number of anilines is 1. The quantitative estimate of drug-likeness (QED) is 0.819. The van der Waals surface area contributed by atoms with Crippen LogP contribution in [-0.4, -0.2) is 18.9 Å². The fraction of sp³-hybridized carbons (Fsp3) is 0.588. The van der Waals surface area contributed by atoms with E-state index in [0.29, 0.717) is 5.78 Å². The smallest absolute Gasteiger partial charge is 0.143 e. The van der Waals surface area contributed by atoms with Gasteiger partial charge in [-0.15, -0.1) is 0 Å². The topological polar surface area (TPSA) is 20.3 Å². The molecule has 19 heavy (non-hydrogen) atoms. The predicted octanol–water partition coefficient (Wildman–Crippen LogP) is 3.83. The summed E-state index contributed by atoms with van der Waals surface area (Å²) in [4.78, 5) is 14.7. The van der Waals surface area contributed by atoms with Crippen LogP contribution in [0.1, 0.15) is 39.2 Å². The average molecular weight is 259 g/mol.